The van der Waals surface area contributed by atoms with Gasteiger partial charge in [0.2, 0.25) is 0 Å². The van der Waals surface area contributed by atoms with Crippen LogP contribution in [0.5, 0.6) is 11.5 Å². The van der Waals surface area contributed by atoms with Crippen LogP contribution >= 0.6 is 0 Å². The zero-order valence-electron chi connectivity index (χ0n) is 21.5. The molecule has 1 fully saturated rings. The Morgan fingerprint density at radius 3 is 2.56 bits per heavy atom. The van der Waals surface area contributed by atoms with Crippen LogP contribution in [0.3, 0.4) is 0 Å². The van der Waals surface area contributed by atoms with E-state index in [0.29, 0.717) is 38.0 Å². The number of carbonyl (C=O) groups excluding carboxylic acids is 1. The van der Waals surface area contributed by atoms with Gasteiger partial charge < -0.3 is 24.0 Å². The number of nitrogens with one attached hydrogen (secondary N) is 1. The van der Waals surface area contributed by atoms with Crippen molar-refractivity contribution in [2.75, 3.05) is 13.1 Å². The molecule has 0 radical (unpaired) electrons. The number of aliphatic hydroxyl groups excluding tert-OH is 1. The van der Waals surface area contributed by atoms with E-state index in [4.69, 9.17) is 9.47 Å². The number of aliphatic hydroxyl groups is 1. The second-order valence-electron chi connectivity index (χ2n) is 10.1. The van der Waals surface area contributed by atoms with Crippen molar-refractivity contribution in [3.05, 3.63) is 77.1 Å². The van der Waals surface area contributed by atoms with Crippen LogP contribution in [0.1, 0.15) is 60.9 Å². The molecular weight excluding hydrogens is 454 g/mol. The molecule has 7 heteroatoms. The Balaban J connectivity index is 1.37. The average molecular weight is 490 g/mol. The Morgan fingerprint density at radius 1 is 1.11 bits per heavy atom. The zero-order chi connectivity index (χ0) is 25.4. The van der Waals surface area contributed by atoms with Gasteiger partial charge in [0.15, 0.2) is 5.60 Å². The van der Waals surface area contributed by atoms with Gasteiger partial charge >= 0.3 is 0 Å². The molecule has 2 aliphatic rings. The van der Waals surface area contributed by atoms with Gasteiger partial charge in [0, 0.05) is 43.7 Å². The van der Waals surface area contributed by atoms with Gasteiger partial charge in [-0.2, -0.15) is 0 Å². The van der Waals surface area contributed by atoms with Crippen LogP contribution < -0.4 is 14.8 Å². The van der Waals surface area contributed by atoms with Gasteiger partial charge in [0.25, 0.3) is 5.91 Å². The van der Waals surface area contributed by atoms with E-state index in [9.17, 15) is 9.90 Å². The first kappa shape index (κ1) is 24.4. The van der Waals surface area contributed by atoms with Crippen LogP contribution in [0, 0.1) is 6.92 Å². The smallest absolute Gasteiger partial charge is 0.253 e. The highest BCUT2D eigenvalue weighted by Crippen LogP contribution is 2.46. The quantitative estimate of drug-likeness (QED) is 0.498. The molecule has 0 saturated carbocycles. The van der Waals surface area contributed by atoms with E-state index in [2.05, 4.69) is 28.1 Å². The van der Waals surface area contributed by atoms with Gasteiger partial charge in [0.05, 0.1) is 17.5 Å². The maximum Gasteiger partial charge on any atom is 0.253 e. The summed E-state index contributed by atoms with van der Waals surface area (Å²) >= 11 is 0. The third-order valence-electron chi connectivity index (χ3n) is 7.06. The number of para-hydroxylation sites is 2. The van der Waals surface area contributed by atoms with Gasteiger partial charge in [-0.1, -0.05) is 12.1 Å². The molecule has 1 saturated heterocycles. The summed E-state index contributed by atoms with van der Waals surface area (Å²) in [6, 6.07) is 18.0. The number of amides is 1. The predicted molar refractivity (Wildman–Crippen MR) is 139 cm³/mol. The normalized spacial score (nSPS) is 16.9. The van der Waals surface area contributed by atoms with Crippen LogP contribution in [0.2, 0.25) is 0 Å². The number of carbonyl (C=O) groups is 1. The molecule has 3 heterocycles. The van der Waals surface area contributed by atoms with Crippen molar-refractivity contribution < 1.29 is 19.4 Å². The third kappa shape index (κ3) is 4.49. The highest BCUT2D eigenvalue weighted by Gasteiger charge is 2.45. The molecule has 190 valence electrons. The van der Waals surface area contributed by atoms with Crippen molar-refractivity contribution in [1.82, 2.24) is 14.8 Å². The minimum Gasteiger partial charge on any atom is -0.491 e. The number of benzene rings is 2. The predicted octanol–water partition coefficient (Wildman–Crippen LogP) is 4.52. The lowest BCUT2D eigenvalue weighted by Gasteiger charge is -2.45. The molecule has 1 aromatic heterocycles. The van der Waals surface area contributed by atoms with E-state index in [1.165, 1.54) is 0 Å². The third-order valence-corrected chi connectivity index (χ3v) is 7.06. The van der Waals surface area contributed by atoms with Crippen molar-refractivity contribution in [1.29, 1.82) is 0 Å². The summed E-state index contributed by atoms with van der Waals surface area (Å²) in [5, 5.41) is 12.9. The standard InChI is InChI=1S/C29H35N3O4/c1-19(2)35-25-11-9-22(17-20(25)3)28(34)31-15-13-29(14-16-31)27-12-10-23(18-30-21(4)33)32(27)24-7-5-6-8-26(24)36-29/h5-12,17,19,21,30,33H,13-16,18H2,1-4H3. The maximum atomic E-state index is 13.4. The molecule has 1 unspecified atom stereocenters. The lowest BCUT2D eigenvalue weighted by molar-refractivity contribution is -0.00956. The van der Waals surface area contributed by atoms with Gasteiger partial charge in [-0.25, -0.2) is 0 Å². The summed E-state index contributed by atoms with van der Waals surface area (Å²) < 4.78 is 14.8. The molecule has 3 aromatic rings. The van der Waals surface area contributed by atoms with Crippen LogP contribution in [-0.4, -0.2) is 45.9 Å². The summed E-state index contributed by atoms with van der Waals surface area (Å²) in [5.41, 5.74) is 4.32. The first-order chi connectivity index (χ1) is 17.3. The number of likely N-dealkylation sites (tertiary alicyclic amines) is 1. The van der Waals surface area contributed by atoms with E-state index in [0.717, 1.165) is 34.1 Å². The van der Waals surface area contributed by atoms with E-state index in [1.807, 2.05) is 62.1 Å². The monoisotopic (exact) mass is 489 g/mol. The van der Waals surface area contributed by atoms with Crippen LogP contribution in [-0.2, 0) is 12.1 Å². The largest absolute Gasteiger partial charge is 0.491 e. The first-order valence-corrected chi connectivity index (χ1v) is 12.7. The van der Waals surface area contributed by atoms with E-state index in [-0.39, 0.29) is 12.0 Å². The summed E-state index contributed by atoms with van der Waals surface area (Å²) in [7, 11) is 0. The van der Waals surface area contributed by atoms with Gasteiger partial charge in [-0.15, -0.1) is 0 Å². The highest BCUT2D eigenvalue weighted by molar-refractivity contribution is 5.94. The van der Waals surface area contributed by atoms with Crippen molar-refractivity contribution in [3.63, 3.8) is 0 Å². The zero-order valence-corrected chi connectivity index (χ0v) is 21.5. The lowest BCUT2D eigenvalue weighted by atomic mass is 9.86. The lowest BCUT2D eigenvalue weighted by Crippen LogP contribution is -2.50. The SMILES string of the molecule is Cc1cc(C(=O)N2CCC3(CC2)Oc2ccccc2-n2c(CNC(C)O)ccc23)ccc1OC(C)C. The van der Waals surface area contributed by atoms with Crippen LogP contribution in [0.15, 0.2) is 54.6 Å². The summed E-state index contributed by atoms with van der Waals surface area (Å²) in [5.74, 6) is 1.70. The Morgan fingerprint density at radius 2 is 1.86 bits per heavy atom. The molecule has 2 aliphatic heterocycles. The molecule has 0 bridgehead atoms. The Labute approximate surface area is 212 Å². The molecule has 2 N–H and O–H groups in total. The van der Waals surface area contributed by atoms with Crippen molar-refractivity contribution in [2.45, 2.75) is 65.0 Å². The number of rotatable bonds is 6. The van der Waals surface area contributed by atoms with Crippen LogP contribution in [0.4, 0.5) is 0 Å². The van der Waals surface area contributed by atoms with E-state index >= 15 is 0 Å². The van der Waals surface area contributed by atoms with Crippen molar-refractivity contribution in [3.8, 4) is 17.2 Å². The maximum absolute atomic E-state index is 13.4. The minimum atomic E-state index is -0.593. The number of hydrogen-bond acceptors (Lipinski definition) is 5. The molecule has 5 rings (SSSR count). The van der Waals surface area contributed by atoms with Gasteiger partial charge in [-0.05, 0) is 75.7 Å². The number of hydrogen-bond donors (Lipinski definition) is 2. The topological polar surface area (TPSA) is 76.0 Å². The molecule has 1 atom stereocenters. The molecular formula is C29H35N3O4. The fraction of sp³-hybridized carbons (Fsp3) is 0.414. The Bertz CT molecular complexity index is 1260. The molecule has 0 aliphatic carbocycles. The van der Waals surface area contributed by atoms with E-state index < -0.39 is 11.8 Å². The van der Waals surface area contributed by atoms with E-state index in [1.54, 1.807) is 6.92 Å². The summed E-state index contributed by atoms with van der Waals surface area (Å²) in [6.45, 7) is 9.45. The number of aryl methyl sites for hydroxylation is 1. The first-order valence-electron chi connectivity index (χ1n) is 12.7. The summed E-state index contributed by atoms with van der Waals surface area (Å²) in [6.07, 6.45) is 0.900. The van der Waals surface area contributed by atoms with Crippen molar-refractivity contribution in [2.24, 2.45) is 0 Å². The number of piperidine rings is 1. The van der Waals surface area contributed by atoms with Crippen LogP contribution in [0.25, 0.3) is 5.69 Å². The fourth-order valence-electron chi connectivity index (χ4n) is 5.28. The van der Waals surface area contributed by atoms with Gasteiger partial charge in [-0.3, -0.25) is 10.1 Å². The second kappa shape index (κ2) is 9.64. The highest BCUT2D eigenvalue weighted by atomic mass is 16.5. The number of fused-ring (bicyclic) bond motifs is 4. The average Bonchev–Trinajstić information content (AvgIpc) is 3.29. The number of ether oxygens (including phenoxy) is 2. The summed E-state index contributed by atoms with van der Waals surface area (Å²) in [4.78, 5) is 15.3. The number of aromatic nitrogens is 1. The number of nitrogens with zero attached hydrogens (tertiary/aromatic N) is 2. The molecule has 7 nitrogen and oxygen atoms in total. The second-order valence-corrected chi connectivity index (χ2v) is 10.1. The molecule has 1 spiro atoms. The van der Waals surface area contributed by atoms with Crippen molar-refractivity contribution >= 4 is 5.91 Å². The Kier molecular flexibility index (Phi) is 6.53. The minimum absolute atomic E-state index is 0.0393. The molecule has 2 aromatic carbocycles. The van der Waals surface area contributed by atoms with Gasteiger partial charge in [0.1, 0.15) is 17.7 Å². The Hall–Kier alpha value is -3.29. The molecule has 36 heavy (non-hydrogen) atoms. The molecule has 1 amide bonds. The fourth-order valence-corrected chi connectivity index (χ4v) is 5.28.